The lowest BCUT2D eigenvalue weighted by atomic mass is 9.96. The lowest BCUT2D eigenvalue weighted by Crippen LogP contribution is -2.07. The summed E-state index contributed by atoms with van der Waals surface area (Å²) in [7, 11) is 0. The van der Waals surface area contributed by atoms with E-state index in [1.54, 1.807) is 6.92 Å². The summed E-state index contributed by atoms with van der Waals surface area (Å²) in [6.45, 7) is 3.51. The Labute approximate surface area is 93.9 Å². The first kappa shape index (κ1) is 10.7. The van der Waals surface area contributed by atoms with Crippen molar-refractivity contribution in [3.63, 3.8) is 0 Å². The van der Waals surface area contributed by atoms with Gasteiger partial charge in [-0.1, -0.05) is 18.2 Å². The van der Waals surface area contributed by atoms with Crippen LogP contribution in [0.25, 0.3) is 11.0 Å². The Bertz CT molecular complexity index is 551. The van der Waals surface area contributed by atoms with E-state index in [0.29, 0.717) is 5.76 Å². The summed E-state index contributed by atoms with van der Waals surface area (Å²) < 4.78 is 5.55. The number of benzene rings is 1. The molecule has 3 nitrogen and oxygen atoms in total. The van der Waals surface area contributed by atoms with E-state index in [0.717, 1.165) is 16.5 Å². The predicted octanol–water partition coefficient (Wildman–Crippen LogP) is 2.93. The van der Waals surface area contributed by atoms with E-state index in [2.05, 4.69) is 6.07 Å². The Kier molecular flexibility index (Phi) is 2.67. The van der Waals surface area contributed by atoms with Gasteiger partial charge in [0.2, 0.25) is 0 Å². The Balaban J connectivity index is 2.60. The molecule has 2 unspecified atom stereocenters. The molecular formula is C13H13NO2. The summed E-state index contributed by atoms with van der Waals surface area (Å²) >= 11 is 0. The summed E-state index contributed by atoms with van der Waals surface area (Å²) in [6, 6.07) is 9.58. The van der Waals surface area contributed by atoms with E-state index in [9.17, 15) is 5.11 Å². The lowest BCUT2D eigenvalue weighted by molar-refractivity contribution is 0.142. The van der Waals surface area contributed by atoms with Crippen LogP contribution in [0.3, 0.4) is 0 Å². The maximum Gasteiger partial charge on any atom is 0.134 e. The van der Waals surface area contributed by atoms with Crippen LogP contribution in [0.4, 0.5) is 0 Å². The molecule has 1 N–H and O–H groups in total. The third-order valence-corrected chi connectivity index (χ3v) is 2.79. The number of rotatable bonds is 2. The fourth-order valence-electron chi connectivity index (χ4n) is 1.88. The minimum absolute atomic E-state index is 0.445. The van der Waals surface area contributed by atoms with Gasteiger partial charge in [0.25, 0.3) is 0 Å². The molecule has 3 heteroatoms. The van der Waals surface area contributed by atoms with Crippen molar-refractivity contribution >= 4 is 11.0 Å². The number of aliphatic hydroxyl groups is 1. The fourth-order valence-corrected chi connectivity index (χ4v) is 1.88. The lowest BCUT2D eigenvalue weighted by Gasteiger charge is -2.11. The summed E-state index contributed by atoms with van der Waals surface area (Å²) in [5, 5.41) is 19.8. The molecule has 0 saturated heterocycles. The van der Waals surface area contributed by atoms with Gasteiger partial charge >= 0.3 is 0 Å². The molecule has 0 aliphatic rings. The van der Waals surface area contributed by atoms with E-state index >= 15 is 0 Å². The van der Waals surface area contributed by atoms with Crippen molar-refractivity contribution in [2.45, 2.75) is 20.0 Å². The van der Waals surface area contributed by atoms with Gasteiger partial charge in [0.15, 0.2) is 0 Å². The highest BCUT2D eigenvalue weighted by molar-refractivity contribution is 5.82. The van der Waals surface area contributed by atoms with Crippen LogP contribution in [0.15, 0.2) is 28.7 Å². The summed E-state index contributed by atoms with van der Waals surface area (Å²) in [5.41, 5.74) is 1.48. The number of aryl methyl sites for hydroxylation is 1. The van der Waals surface area contributed by atoms with Gasteiger partial charge in [0.05, 0.1) is 18.1 Å². The van der Waals surface area contributed by atoms with Gasteiger partial charge < -0.3 is 9.52 Å². The number of fused-ring (bicyclic) bond motifs is 1. The first-order valence-corrected chi connectivity index (χ1v) is 5.21. The quantitative estimate of drug-likeness (QED) is 0.837. The summed E-state index contributed by atoms with van der Waals surface area (Å²) in [4.78, 5) is 0. The van der Waals surface area contributed by atoms with E-state index in [4.69, 9.17) is 9.68 Å². The van der Waals surface area contributed by atoms with Crippen LogP contribution >= 0.6 is 0 Å². The van der Waals surface area contributed by atoms with E-state index in [-0.39, 0.29) is 0 Å². The molecule has 2 atom stereocenters. The largest absolute Gasteiger partial charge is 0.461 e. The Morgan fingerprint density at radius 3 is 2.75 bits per heavy atom. The first-order chi connectivity index (χ1) is 7.65. The van der Waals surface area contributed by atoms with Gasteiger partial charge in [-0.3, -0.25) is 0 Å². The molecule has 0 aliphatic carbocycles. The van der Waals surface area contributed by atoms with Gasteiger partial charge in [0.1, 0.15) is 11.3 Å². The third kappa shape index (κ3) is 1.58. The molecule has 0 fully saturated rings. The fraction of sp³-hybridized carbons (Fsp3) is 0.308. The van der Waals surface area contributed by atoms with E-state index in [1.165, 1.54) is 0 Å². The van der Waals surface area contributed by atoms with Gasteiger partial charge in [-0.15, -0.1) is 0 Å². The number of nitrogens with zero attached hydrogens (tertiary/aromatic N) is 1. The van der Waals surface area contributed by atoms with Crippen molar-refractivity contribution in [3.05, 3.63) is 35.6 Å². The zero-order chi connectivity index (χ0) is 11.7. The highest BCUT2D eigenvalue weighted by atomic mass is 16.3. The van der Waals surface area contributed by atoms with Gasteiger partial charge in [-0.25, -0.2) is 0 Å². The number of hydrogen-bond acceptors (Lipinski definition) is 3. The molecule has 1 aromatic heterocycles. The molecule has 1 heterocycles. The normalized spacial score (nSPS) is 14.6. The average molecular weight is 215 g/mol. The van der Waals surface area contributed by atoms with Crippen LogP contribution in [0.1, 0.15) is 24.4 Å². The molecule has 0 spiro atoms. The molecule has 2 aromatic rings. The average Bonchev–Trinajstić information content (AvgIpc) is 2.63. The second kappa shape index (κ2) is 3.99. The molecule has 1 aromatic carbocycles. The molecule has 82 valence electrons. The molecule has 16 heavy (non-hydrogen) atoms. The molecule has 0 saturated carbocycles. The summed E-state index contributed by atoms with van der Waals surface area (Å²) in [6.07, 6.45) is -0.798. The Morgan fingerprint density at radius 1 is 1.38 bits per heavy atom. The number of nitriles is 1. The molecule has 0 amide bonds. The second-order valence-corrected chi connectivity index (χ2v) is 3.93. The van der Waals surface area contributed by atoms with Crippen LogP contribution in [-0.2, 0) is 0 Å². The molecule has 2 rings (SSSR count). The Hall–Kier alpha value is -1.79. The maximum atomic E-state index is 10.1. The minimum Gasteiger partial charge on any atom is -0.461 e. The van der Waals surface area contributed by atoms with Crippen molar-refractivity contribution in [2.75, 3.05) is 0 Å². The number of para-hydroxylation sites is 1. The highest BCUT2D eigenvalue weighted by Gasteiger charge is 2.23. The van der Waals surface area contributed by atoms with Crippen LogP contribution < -0.4 is 0 Å². The van der Waals surface area contributed by atoms with Gasteiger partial charge in [-0.05, 0) is 19.9 Å². The second-order valence-electron chi connectivity index (χ2n) is 3.93. The Morgan fingerprint density at radius 2 is 2.06 bits per heavy atom. The maximum absolute atomic E-state index is 10.1. The van der Waals surface area contributed by atoms with Crippen LogP contribution in [-0.4, -0.2) is 5.11 Å². The van der Waals surface area contributed by atoms with Crippen molar-refractivity contribution < 1.29 is 9.52 Å². The topological polar surface area (TPSA) is 57.2 Å². The van der Waals surface area contributed by atoms with Gasteiger partial charge in [-0.2, -0.15) is 5.26 Å². The molecular weight excluding hydrogens is 202 g/mol. The first-order valence-electron chi connectivity index (χ1n) is 5.21. The minimum atomic E-state index is -0.798. The van der Waals surface area contributed by atoms with Gasteiger partial charge in [0, 0.05) is 10.9 Å². The van der Waals surface area contributed by atoms with Crippen molar-refractivity contribution in [1.82, 2.24) is 0 Å². The van der Waals surface area contributed by atoms with Crippen LogP contribution in [0, 0.1) is 24.2 Å². The van der Waals surface area contributed by atoms with Crippen molar-refractivity contribution in [3.8, 4) is 6.07 Å². The zero-order valence-corrected chi connectivity index (χ0v) is 9.27. The highest BCUT2D eigenvalue weighted by Crippen LogP contribution is 2.33. The van der Waals surface area contributed by atoms with E-state index < -0.39 is 12.0 Å². The SMILES string of the molecule is Cc1oc2ccccc2c1C(O)C(C)C#N. The molecule has 0 bridgehead atoms. The standard InChI is InChI=1S/C13H13NO2/c1-8(7-14)13(15)12-9(2)16-11-6-4-3-5-10(11)12/h3-6,8,13,15H,1-2H3. The number of hydrogen-bond donors (Lipinski definition) is 1. The van der Waals surface area contributed by atoms with Crippen LogP contribution in [0.5, 0.6) is 0 Å². The van der Waals surface area contributed by atoms with Crippen LogP contribution in [0.2, 0.25) is 0 Å². The molecule has 0 radical (unpaired) electrons. The third-order valence-electron chi connectivity index (χ3n) is 2.79. The van der Waals surface area contributed by atoms with Crippen molar-refractivity contribution in [1.29, 1.82) is 5.26 Å². The smallest absolute Gasteiger partial charge is 0.134 e. The summed E-state index contributed by atoms with van der Waals surface area (Å²) in [5.74, 6) is 0.232. The number of furan rings is 1. The van der Waals surface area contributed by atoms with E-state index in [1.807, 2.05) is 31.2 Å². The number of aliphatic hydroxyl groups excluding tert-OH is 1. The predicted molar refractivity (Wildman–Crippen MR) is 60.7 cm³/mol. The zero-order valence-electron chi connectivity index (χ0n) is 9.27. The van der Waals surface area contributed by atoms with Crippen molar-refractivity contribution in [2.24, 2.45) is 5.92 Å². The molecule has 0 aliphatic heterocycles. The monoisotopic (exact) mass is 215 g/mol.